The highest BCUT2D eigenvalue weighted by molar-refractivity contribution is 6.08. The van der Waals surface area contributed by atoms with Gasteiger partial charge in [-0.1, -0.05) is 25.1 Å². The summed E-state index contributed by atoms with van der Waals surface area (Å²) in [4.78, 5) is 12.8. The molecule has 0 spiro atoms. The van der Waals surface area contributed by atoms with E-state index in [1.165, 1.54) is 0 Å². The van der Waals surface area contributed by atoms with Gasteiger partial charge in [0.05, 0.1) is 5.69 Å². The van der Waals surface area contributed by atoms with Gasteiger partial charge >= 0.3 is 6.01 Å². The standard InChI is InChI=1S/C18H21N3O/c1-5-6-15(12-19-4)16-9-10-20-18(21-16)22-17-11-13(2)7-8-14(17)3/h6-12H,5H2,1-4H3/b15-6+,19-12?. The first-order valence-corrected chi connectivity index (χ1v) is 7.35. The molecular formula is C18H21N3O. The van der Waals surface area contributed by atoms with E-state index < -0.39 is 0 Å². The van der Waals surface area contributed by atoms with Crippen molar-refractivity contribution in [2.75, 3.05) is 7.05 Å². The Morgan fingerprint density at radius 2 is 2.09 bits per heavy atom. The molecule has 114 valence electrons. The summed E-state index contributed by atoms with van der Waals surface area (Å²) in [5, 5.41) is 0. The van der Waals surface area contributed by atoms with Crippen LogP contribution in [0.3, 0.4) is 0 Å². The quantitative estimate of drug-likeness (QED) is 0.769. The molecule has 0 saturated carbocycles. The van der Waals surface area contributed by atoms with Crippen LogP contribution in [0.15, 0.2) is 41.5 Å². The number of hydrogen-bond donors (Lipinski definition) is 0. The monoisotopic (exact) mass is 295 g/mol. The number of aryl methyl sites for hydroxylation is 2. The van der Waals surface area contributed by atoms with Crippen molar-refractivity contribution in [2.45, 2.75) is 27.2 Å². The smallest absolute Gasteiger partial charge is 0.322 e. The lowest BCUT2D eigenvalue weighted by Crippen LogP contribution is -1.98. The van der Waals surface area contributed by atoms with Crippen LogP contribution in [-0.4, -0.2) is 23.2 Å². The Kier molecular flexibility index (Phi) is 5.42. The van der Waals surface area contributed by atoms with Crippen LogP contribution in [-0.2, 0) is 0 Å². The van der Waals surface area contributed by atoms with Crippen LogP contribution in [0.25, 0.3) is 5.57 Å². The van der Waals surface area contributed by atoms with E-state index in [9.17, 15) is 0 Å². The molecule has 2 aromatic rings. The molecule has 0 N–H and O–H groups in total. The number of hydrogen-bond acceptors (Lipinski definition) is 4. The van der Waals surface area contributed by atoms with Crippen LogP contribution in [0.4, 0.5) is 0 Å². The van der Waals surface area contributed by atoms with E-state index in [4.69, 9.17) is 4.74 Å². The SMILES string of the molecule is CC/C=C(\C=NC)c1ccnc(Oc2cc(C)ccc2C)n1. The predicted octanol–water partition coefficient (Wildman–Crippen LogP) is 4.38. The highest BCUT2D eigenvalue weighted by Gasteiger charge is 2.07. The van der Waals surface area contributed by atoms with E-state index in [0.717, 1.165) is 34.6 Å². The van der Waals surface area contributed by atoms with Crippen LogP contribution in [0.2, 0.25) is 0 Å². The molecular weight excluding hydrogens is 274 g/mol. The summed E-state index contributed by atoms with van der Waals surface area (Å²) in [6, 6.07) is 8.28. The molecule has 0 amide bonds. The second-order valence-corrected chi connectivity index (χ2v) is 5.05. The summed E-state index contributed by atoms with van der Waals surface area (Å²) < 4.78 is 5.84. The topological polar surface area (TPSA) is 47.4 Å². The van der Waals surface area contributed by atoms with Gasteiger partial charge in [0.1, 0.15) is 5.75 Å². The number of allylic oxidation sites excluding steroid dienone is 2. The summed E-state index contributed by atoms with van der Waals surface area (Å²) in [5.74, 6) is 0.780. The van der Waals surface area contributed by atoms with E-state index in [0.29, 0.717) is 6.01 Å². The van der Waals surface area contributed by atoms with Crippen molar-refractivity contribution in [2.24, 2.45) is 4.99 Å². The summed E-state index contributed by atoms with van der Waals surface area (Å²) in [5.41, 5.74) is 3.97. The van der Waals surface area contributed by atoms with Gasteiger partial charge in [-0.25, -0.2) is 4.98 Å². The zero-order chi connectivity index (χ0) is 15.9. The Balaban J connectivity index is 2.32. The Labute approximate surface area is 131 Å². The van der Waals surface area contributed by atoms with Crippen molar-refractivity contribution in [1.82, 2.24) is 9.97 Å². The molecule has 4 nitrogen and oxygen atoms in total. The lowest BCUT2D eigenvalue weighted by atomic mass is 10.1. The van der Waals surface area contributed by atoms with Crippen LogP contribution in [0.5, 0.6) is 11.8 Å². The van der Waals surface area contributed by atoms with E-state index >= 15 is 0 Å². The molecule has 0 aliphatic carbocycles. The molecule has 0 atom stereocenters. The molecule has 0 fully saturated rings. The third kappa shape index (κ3) is 4.01. The maximum Gasteiger partial charge on any atom is 0.322 e. The Bertz CT molecular complexity index is 705. The molecule has 1 aromatic heterocycles. The van der Waals surface area contributed by atoms with E-state index in [1.807, 2.05) is 32.0 Å². The van der Waals surface area contributed by atoms with Crippen LogP contribution >= 0.6 is 0 Å². The summed E-state index contributed by atoms with van der Waals surface area (Å²) in [7, 11) is 1.75. The summed E-state index contributed by atoms with van der Waals surface area (Å²) >= 11 is 0. The van der Waals surface area contributed by atoms with Gasteiger partial charge in [-0.05, 0) is 43.5 Å². The van der Waals surface area contributed by atoms with E-state index in [2.05, 4.69) is 34.0 Å². The zero-order valence-electron chi connectivity index (χ0n) is 13.5. The Morgan fingerprint density at radius 1 is 1.27 bits per heavy atom. The van der Waals surface area contributed by atoms with Crippen LogP contribution < -0.4 is 4.74 Å². The zero-order valence-corrected chi connectivity index (χ0v) is 13.5. The van der Waals surface area contributed by atoms with Crippen LogP contribution in [0, 0.1) is 13.8 Å². The first-order chi connectivity index (χ1) is 10.6. The summed E-state index contributed by atoms with van der Waals surface area (Å²) in [6.07, 6.45) is 6.50. The van der Waals surface area contributed by atoms with Gasteiger partial charge in [-0.3, -0.25) is 4.99 Å². The van der Waals surface area contributed by atoms with Gasteiger partial charge in [0.2, 0.25) is 0 Å². The Morgan fingerprint density at radius 3 is 2.82 bits per heavy atom. The first kappa shape index (κ1) is 15.9. The average Bonchev–Trinajstić information content (AvgIpc) is 2.51. The van der Waals surface area contributed by atoms with Crippen molar-refractivity contribution in [1.29, 1.82) is 0 Å². The molecule has 0 radical (unpaired) electrons. The average molecular weight is 295 g/mol. The number of rotatable bonds is 5. The molecule has 0 aliphatic heterocycles. The molecule has 22 heavy (non-hydrogen) atoms. The fourth-order valence-electron chi connectivity index (χ4n) is 2.05. The number of benzene rings is 1. The molecule has 1 heterocycles. The van der Waals surface area contributed by atoms with Gasteiger partial charge < -0.3 is 4.74 Å². The number of aliphatic imine (C=N–C) groups is 1. The number of nitrogens with zero attached hydrogens (tertiary/aromatic N) is 3. The van der Waals surface area contributed by atoms with Gasteiger partial charge in [0.25, 0.3) is 0 Å². The van der Waals surface area contributed by atoms with Gasteiger partial charge in [-0.2, -0.15) is 4.98 Å². The van der Waals surface area contributed by atoms with Gasteiger partial charge in [-0.15, -0.1) is 0 Å². The fourth-order valence-corrected chi connectivity index (χ4v) is 2.05. The molecule has 0 bridgehead atoms. The highest BCUT2D eigenvalue weighted by atomic mass is 16.5. The minimum Gasteiger partial charge on any atom is -0.424 e. The molecule has 1 aromatic carbocycles. The highest BCUT2D eigenvalue weighted by Crippen LogP contribution is 2.24. The second kappa shape index (κ2) is 7.50. The van der Waals surface area contributed by atoms with Crippen molar-refractivity contribution in [3.05, 3.63) is 53.4 Å². The molecule has 0 aliphatic rings. The minimum absolute atomic E-state index is 0.345. The normalized spacial score (nSPS) is 11.9. The molecule has 0 unspecified atom stereocenters. The maximum absolute atomic E-state index is 5.84. The Hall–Kier alpha value is -2.49. The molecule has 0 saturated heterocycles. The maximum atomic E-state index is 5.84. The number of aromatic nitrogens is 2. The van der Waals surface area contributed by atoms with Gasteiger partial charge in [0, 0.05) is 25.0 Å². The third-order valence-electron chi connectivity index (χ3n) is 3.17. The lowest BCUT2D eigenvalue weighted by Gasteiger charge is -2.09. The minimum atomic E-state index is 0.345. The third-order valence-corrected chi connectivity index (χ3v) is 3.17. The fraction of sp³-hybridized carbons (Fsp3) is 0.278. The predicted molar refractivity (Wildman–Crippen MR) is 90.7 cm³/mol. The van der Waals surface area contributed by atoms with E-state index in [1.54, 1.807) is 19.5 Å². The molecule has 4 heteroatoms. The largest absolute Gasteiger partial charge is 0.424 e. The van der Waals surface area contributed by atoms with Crippen molar-refractivity contribution in [3.63, 3.8) is 0 Å². The number of ether oxygens (including phenoxy) is 1. The second-order valence-electron chi connectivity index (χ2n) is 5.05. The van der Waals surface area contributed by atoms with Crippen molar-refractivity contribution >= 4 is 11.8 Å². The molecule has 2 rings (SSSR count). The summed E-state index contributed by atoms with van der Waals surface area (Å²) in [6.45, 7) is 6.12. The first-order valence-electron chi connectivity index (χ1n) is 7.35. The lowest BCUT2D eigenvalue weighted by molar-refractivity contribution is 0.438. The van der Waals surface area contributed by atoms with Crippen molar-refractivity contribution < 1.29 is 4.74 Å². The van der Waals surface area contributed by atoms with Crippen molar-refractivity contribution in [3.8, 4) is 11.8 Å². The van der Waals surface area contributed by atoms with Gasteiger partial charge in [0.15, 0.2) is 0 Å². The van der Waals surface area contributed by atoms with E-state index in [-0.39, 0.29) is 0 Å². The van der Waals surface area contributed by atoms with Crippen LogP contribution in [0.1, 0.15) is 30.2 Å².